The molecule has 0 saturated heterocycles. The molecule has 0 saturated carbocycles. The van der Waals surface area contributed by atoms with E-state index in [-0.39, 0.29) is 12.1 Å². The molecule has 0 bridgehead atoms. The maximum Gasteiger partial charge on any atom is 0.360 e. The highest BCUT2D eigenvalue weighted by Crippen LogP contribution is 2.12. The van der Waals surface area contributed by atoms with Crippen molar-refractivity contribution in [1.82, 2.24) is 35.9 Å². The van der Waals surface area contributed by atoms with Crippen LogP contribution in [0, 0.1) is 0 Å². The number of carbonyl (C=O) groups excluding carboxylic acids is 2. The summed E-state index contributed by atoms with van der Waals surface area (Å²) in [5, 5.41) is 13.0. The third kappa shape index (κ3) is 2.52. The molecule has 4 amide bonds. The number of hydrogen-bond donors (Lipinski definition) is 1. The molecule has 3 rings (SSSR count). The molecule has 1 N–H and O–H groups in total. The molecule has 2 aliphatic heterocycles. The molecule has 11 nitrogen and oxygen atoms in total. The van der Waals surface area contributed by atoms with Gasteiger partial charge in [-0.2, -0.15) is 0 Å². The number of H-pyrrole nitrogens is 1. The molecule has 1 aromatic heterocycles. The number of hydrazone groups is 2. The highest BCUT2D eigenvalue weighted by molar-refractivity contribution is 6.04. The molecule has 11 heteroatoms. The van der Waals surface area contributed by atoms with Crippen LogP contribution >= 0.6 is 0 Å². The van der Waals surface area contributed by atoms with Gasteiger partial charge in [-0.05, 0) is 12.1 Å². The SMILES string of the molecule is CN1[N]C(c2ccc(C3=NN(C)C(=O)N(C)[N]3)[nH]2)=NN(C)C1=O. The van der Waals surface area contributed by atoms with E-state index in [2.05, 4.69) is 26.0 Å². The van der Waals surface area contributed by atoms with Crippen LogP contribution in [0.4, 0.5) is 9.59 Å². The maximum atomic E-state index is 11.6. The van der Waals surface area contributed by atoms with Crippen molar-refractivity contribution in [2.24, 2.45) is 10.2 Å². The zero-order chi connectivity index (χ0) is 16.7. The predicted octanol–water partition coefficient (Wildman–Crippen LogP) is -0.629. The topological polar surface area (TPSA) is 116 Å². The molecule has 23 heavy (non-hydrogen) atoms. The molecule has 0 spiro atoms. The van der Waals surface area contributed by atoms with E-state index in [0.717, 1.165) is 0 Å². The molecule has 0 unspecified atom stereocenters. The number of nitrogens with one attached hydrogen (secondary N) is 1. The predicted molar refractivity (Wildman–Crippen MR) is 80.0 cm³/mol. The summed E-state index contributed by atoms with van der Waals surface area (Å²) < 4.78 is 0. The molecule has 120 valence electrons. The Hall–Kier alpha value is -3.24. The van der Waals surface area contributed by atoms with Gasteiger partial charge in [-0.25, -0.2) is 29.6 Å². The van der Waals surface area contributed by atoms with Crippen LogP contribution in [0.25, 0.3) is 0 Å². The molecule has 3 heterocycles. The molecule has 1 aromatic rings. The summed E-state index contributed by atoms with van der Waals surface area (Å²) in [6.07, 6.45) is 0. The molecule has 0 atom stereocenters. The Kier molecular flexibility index (Phi) is 3.32. The minimum absolute atomic E-state index is 0.325. The lowest BCUT2D eigenvalue weighted by Gasteiger charge is -2.26. The summed E-state index contributed by atoms with van der Waals surface area (Å²) in [6, 6.07) is 2.86. The van der Waals surface area contributed by atoms with Crippen LogP contribution < -0.4 is 10.9 Å². The van der Waals surface area contributed by atoms with E-state index in [9.17, 15) is 9.59 Å². The van der Waals surface area contributed by atoms with Gasteiger partial charge in [-0.3, -0.25) is 0 Å². The van der Waals surface area contributed by atoms with Crippen molar-refractivity contribution in [3.8, 4) is 0 Å². The fraction of sp³-hybridized carbons (Fsp3) is 0.333. The maximum absolute atomic E-state index is 11.6. The summed E-state index contributed by atoms with van der Waals surface area (Å²) in [5.41, 5.74) is 9.41. The van der Waals surface area contributed by atoms with E-state index in [1.807, 2.05) is 0 Å². The second kappa shape index (κ2) is 5.19. The normalized spacial score (nSPS) is 18.6. The molecule has 0 fully saturated rings. The van der Waals surface area contributed by atoms with Gasteiger partial charge in [0.25, 0.3) is 0 Å². The quantitative estimate of drug-likeness (QED) is 0.782. The van der Waals surface area contributed by atoms with E-state index >= 15 is 0 Å². The van der Waals surface area contributed by atoms with Crippen molar-refractivity contribution in [2.45, 2.75) is 0 Å². The number of urea groups is 2. The van der Waals surface area contributed by atoms with Gasteiger partial charge < -0.3 is 4.98 Å². The summed E-state index contributed by atoms with van der Waals surface area (Å²) in [4.78, 5) is 26.3. The smallest absolute Gasteiger partial charge is 0.349 e. The van der Waals surface area contributed by atoms with Crippen LogP contribution in [0.2, 0.25) is 0 Å². The fourth-order valence-corrected chi connectivity index (χ4v) is 2.07. The van der Waals surface area contributed by atoms with E-state index in [4.69, 9.17) is 0 Å². The minimum Gasteiger partial charge on any atom is -0.349 e. The minimum atomic E-state index is -0.325. The first-order valence-corrected chi connectivity index (χ1v) is 6.70. The third-order valence-electron chi connectivity index (χ3n) is 3.25. The van der Waals surface area contributed by atoms with Crippen LogP contribution in [-0.4, -0.2) is 76.9 Å². The largest absolute Gasteiger partial charge is 0.360 e. The van der Waals surface area contributed by atoms with Gasteiger partial charge in [0.15, 0.2) is 0 Å². The van der Waals surface area contributed by atoms with Crippen molar-refractivity contribution in [3.05, 3.63) is 23.5 Å². The van der Waals surface area contributed by atoms with Crippen molar-refractivity contribution >= 4 is 23.7 Å². The highest BCUT2D eigenvalue weighted by atomic mass is 16.2. The Balaban J connectivity index is 1.87. The number of carbonyl (C=O) groups is 2. The van der Waals surface area contributed by atoms with Crippen molar-refractivity contribution < 1.29 is 9.59 Å². The first kappa shape index (κ1) is 14.7. The van der Waals surface area contributed by atoms with Gasteiger partial charge >= 0.3 is 12.1 Å². The van der Waals surface area contributed by atoms with Crippen LogP contribution in [0.1, 0.15) is 11.4 Å². The molecule has 2 aliphatic rings. The molecular weight excluding hydrogens is 302 g/mol. The Morgan fingerprint density at radius 3 is 1.48 bits per heavy atom. The van der Waals surface area contributed by atoms with Crippen LogP contribution in [0.15, 0.2) is 22.3 Å². The van der Waals surface area contributed by atoms with Crippen LogP contribution in [0.5, 0.6) is 0 Å². The van der Waals surface area contributed by atoms with Crippen molar-refractivity contribution in [2.75, 3.05) is 28.2 Å². The Morgan fingerprint density at radius 2 is 1.13 bits per heavy atom. The Bertz CT molecular complexity index is 663. The lowest BCUT2D eigenvalue weighted by molar-refractivity contribution is 0.155. The average molecular weight is 317 g/mol. The fourth-order valence-electron chi connectivity index (χ4n) is 2.07. The highest BCUT2D eigenvalue weighted by Gasteiger charge is 2.28. The Morgan fingerprint density at radius 1 is 0.739 bits per heavy atom. The number of aromatic amines is 1. The number of amides is 4. The van der Waals surface area contributed by atoms with Crippen molar-refractivity contribution in [3.63, 3.8) is 0 Å². The van der Waals surface area contributed by atoms with E-state index in [0.29, 0.717) is 23.1 Å². The van der Waals surface area contributed by atoms with Gasteiger partial charge in [-0.15, -0.1) is 21.1 Å². The standard InChI is InChI=1S/C12H15N9O2/c1-18-11(22)19(2)15-9(14-18)7-5-6-8(13-7)10-16-20(3)12(23)21(4)17-10/h5-6,13H,1-4H3. The molecule has 0 aromatic carbocycles. The van der Waals surface area contributed by atoms with E-state index < -0.39 is 0 Å². The van der Waals surface area contributed by atoms with Crippen LogP contribution in [-0.2, 0) is 0 Å². The summed E-state index contributed by atoms with van der Waals surface area (Å²) in [7, 11) is 6.20. The number of hydrogen-bond acceptors (Lipinski definition) is 4. The molecule has 0 aliphatic carbocycles. The van der Waals surface area contributed by atoms with E-state index in [1.54, 1.807) is 40.3 Å². The van der Waals surface area contributed by atoms with Gasteiger partial charge in [0.05, 0.1) is 11.4 Å². The number of nitrogens with zero attached hydrogens (tertiary/aromatic N) is 8. The Labute approximate surface area is 132 Å². The molecular formula is C12H15N9O2. The summed E-state index contributed by atoms with van der Waals surface area (Å²) in [5.74, 6) is 0.713. The van der Waals surface area contributed by atoms with Gasteiger partial charge in [-0.1, -0.05) is 0 Å². The second-order valence-electron chi connectivity index (χ2n) is 4.99. The van der Waals surface area contributed by atoms with Gasteiger partial charge in [0.1, 0.15) is 0 Å². The third-order valence-corrected chi connectivity index (χ3v) is 3.25. The summed E-state index contributed by atoms with van der Waals surface area (Å²) >= 11 is 0. The van der Waals surface area contributed by atoms with E-state index in [1.165, 1.54) is 20.0 Å². The number of rotatable bonds is 2. The van der Waals surface area contributed by atoms with Gasteiger partial charge in [0.2, 0.25) is 11.7 Å². The zero-order valence-electron chi connectivity index (χ0n) is 13.0. The van der Waals surface area contributed by atoms with Crippen LogP contribution in [0.3, 0.4) is 0 Å². The first-order valence-electron chi connectivity index (χ1n) is 6.70. The molecule has 2 radical (unpaired) electrons. The number of amidine groups is 2. The second-order valence-corrected chi connectivity index (χ2v) is 4.99. The number of aromatic nitrogens is 1. The average Bonchev–Trinajstić information content (AvgIpc) is 2.99. The lowest BCUT2D eigenvalue weighted by atomic mass is 10.4. The van der Waals surface area contributed by atoms with Gasteiger partial charge in [0, 0.05) is 28.2 Å². The lowest BCUT2D eigenvalue weighted by Crippen LogP contribution is -2.49. The zero-order valence-corrected chi connectivity index (χ0v) is 13.0. The first-order chi connectivity index (χ1) is 10.9. The summed E-state index contributed by atoms with van der Waals surface area (Å²) in [6.45, 7) is 0. The monoisotopic (exact) mass is 317 g/mol. The van der Waals surface area contributed by atoms with Crippen molar-refractivity contribution in [1.29, 1.82) is 0 Å².